The molecule has 20 heavy (non-hydrogen) atoms. The van der Waals surface area contributed by atoms with Gasteiger partial charge >= 0.3 is 5.97 Å². The maximum atomic E-state index is 11.2. The molecule has 0 heterocycles. The maximum Gasteiger partial charge on any atom is 0.320 e. The summed E-state index contributed by atoms with van der Waals surface area (Å²) in [5.74, 6) is 0.391. The lowest BCUT2D eigenvalue weighted by Crippen LogP contribution is -2.37. The van der Waals surface area contributed by atoms with Crippen molar-refractivity contribution in [3.8, 4) is 5.75 Å². The van der Waals surface area contributed by atoms with Crippen molar-refractivity contribution >= 4 is 5.97 Å². The first-order valence-corrected chi connectivity index (χ1v) is 7.20. The number of benzene rings is 1. The molecule has 1 rings (SSSR count). The predicted molar refractivity (Wildman–Crippen MR) is 79.9 cm³/mol. The summed E-state index contributed by atoms with van der Waals surface area (Å²) in [4.78, 5) is 11.2. The van der Waals surface area contributed by atoms with Crippen molar-refractivity contribution in [3.05, 3.63) is 29.8 Å². The monoisotopic (exact) mass is 279 g/mol. The van der Waals surface area contributed by atoms with E-state index in [4.69, 9.17) is 4.74 Å². The number of hydrogen-bond acceptors (Lipinski definition) is 3. The molecular formula is C16H25NO3. The molecule has 0 fully saturated rings. The van der Waals surface area contributed by atoms with Gasteiger partial charge in [0, 0.05) is 6.54 Å². The Kier molecular flexibility index (Phi) is 7.09. The van der Waals surface area contributed by atoms with Gasteiger partial charge in [0.05, 0.1) is 6.61 Å². The minimum absolute atomic E-state index is 0.350. The molecule has 0 bridgehead atoms. The van der Waals surface area contributed by atoms with Gasteiger partial charge < -0.3 is 15.2 Å². The zero-order valence-electron chi connectivity index (χ0n) is 12.6. The van der Waals surface area contributed by atoms with Crippen molar-refractivity contribution in [2.24, 2.45) is 5.92 Å². The molecule has 0 saturated carbocycles. The predicted octanol–water partition coefficient (Wildman–Crippen LogP) is 3.06. The van der Waals surface area contributed by atoms with Crippen LogP contribution >= 0.6 is 0 Å². The van der Waals surface area contributed by atoms with Gasteiger partial charge in [0.2, 0.25) is 0 Å². The molecule has 4 heteroatoms. The highest BCUT2D eigenvalue weighted by molar-refractivity contribution is 5.73. The number of carbonyl (C=O) groups is 1. The van der Waals surface area contributed by atoms with Crippen LogP contribution in [-0.2, 0) is 11.3 Å². The topological polar surface area (TPSA) is 58.6 Å². The Morgan fingerprint density at radius 1 is 1.40 bits per heavy atom. The first-order chi connectivity index (χ1) is 9.52. The fourth-order valence-corrected chi connectivity index (χ4v) is 1.95. The minimum Gasteiger partial charge on any atom is -0.494 e. The summed E-state index contributed by atoms with van der Waals surface area (Å²) in [5, 5.41) is 12.3. The summed E-state index contributed by atoms with van der Waals surface area (Å²) in [5.41, 5.74) is 1.04. The Balaban J connectivity index is 2.56. The van der Waals surface area contributed by atoms with Crippen molar-refractivity contribution in [3.63, 3.8) is 0 Å². The summed E-state index contributed by atoms with van der Waals surface area (Å²) in [6.45, 7) is 7.34. The van der Waals surface area contributed by atoms with Gasteiger partial charge in [0.25, 0.3) is 0 Å². The Bertz CT molecular complexity index is 418. The van der Waals surface area contributed by atoms with Crippen LogP contribution < -0.4 is 10.1 Å². The molecule has 4 nitrogen and oxygen atoms in total. The van der Waals surface area contributed by atoms with Crippen LogP contribution in [0.15, 0.2) is 24.3 Å². The highest BCUT2D eigenvalue weighted by atomic mass is 16.5. The smallest absolute Gasteiger partial charge is 0.320 e. The average molecular weight is 279 g/mol. The number of carboxylic acid groups (broad SMARTS) is 1. The molecule has 0 saturated heterocycles. The van der Waals surface area contributed by atoms with E-state index in [1.165, 1.54) is 0 Å². The molecule has 0 radical (unpaired) electrons. The zero-order valence-corrected chi connectivity index (χ0v) is 12.6. The van der Waals surface area contributed by atoms with Gasteiger partial charge in [-0.2, -0.15) is 0 Å². The second kappa shape index (κ2) is 8.59. The molecular weight excluding hydrogens is 254 g/mol. The molecule has 2 N–H and O–H groups in total. The van der Waals surface area contributed by atoms with Gasteiger partial charge in [-0.05, 0) is 36.5 Å². The van der Waals surface area contributed by atoms with E-state index in [0.717, 1.165) is 17.7 Å². The van der Waals surface area contributed by atoms with E-state index in [1.807, 2.05) is 38.1 Å². The van der Waals surface area contributed by atoms with Crippen LogP contribution in [0.2, 0.25) is 0 Å². The quantitative estimate of drug-likeness (QED) is 0.729. The largest absolute Gasteiger partial charge is 0.494 e. The molecule has 1 atom stereocenters. The Labute approximate surface area is 121 Å². The Morgan fingerprint density at radius 3 is 2.75 bits per heavy atom. The second-order valence-electron chi connectivity index (χ2n) is 5.40. The summed E-state index contributed by atoms with van der Waals surface area (Å²) in [6.07, 6.45) is 1.60. The number of rotatable bonds is 9. The van der Waals surface area contributed by atoms with Crippen LogP contribution in [-0.4, -0.2) is 23.7 Å². The third-order valence-corrected chi connectivity index (χ3v) is 2.93. The molecule has 0 spiro atoms. The van der Waals surface area contributed by atoms with Gasteiger partial charge in [0.15, 0.2) is 0 Å². The zero-order chi connectivity index (χ0) is 15.0. The van der Waals surface area contributed by atoms with Gasteiger partial charge in [0.1, 0.15) is 11.8 Å². The molecule has 0 amide bonds. The summed E-state index contributed by atoms with van der Waals surface area (Å²) in [7, 11) is 0. The van der Waals surface area contributed by atoms with Gasteiger partial charge in [-0.15, -0.1) is 0 Å². The van der Waals surface area contributed by atoms with Crippen LogP contribution in [0.4, 0.5) is 0 Å². The van der Waals surface area contributed by atoms with Crippen LogP contribution in [0, 0.1) is 5.92 Å². The van der Waals surface area contributed by atoms with E-state index in [0.29, 0.717) is 25.5 Å². The van der Waals surface area contributed by atoms with Crippen LogP contribution in [0.3, 0.4) is 0 Å². The number of aliphatic carboxylic acids is 1. The maximum absolute atomic E-state index is 11.2. The third kappa shape index (κ3) is 6.06. The molecule has 0 aliphatic carbocycles. The molecule has 0 unspecified atom stereocenters. The average Bonchev–Trinajstić information content (AvgIpc) is 2.41. The second-order valence-corrected chi connectivity index (χ2v) is 5.40. The lowest BCUT2D eigenvalue weighted by atomic mass is 10.0. The van der Waals surface area contributed by atoms with Crippen LogP contribution in [0.25, 0.3) is 0 Å². The highest BCUT2D eigenvalue weighted by Crippen LogP contribution is 2.14. The van der Waals surface area contributed by atoms with Crippen molar-refractivity contribution in [2.75, 3.05) is 6.61 Å². The lowest BCUT2D eigenvalue weighted by Gasteiger charge is -2.16. The number of carboxylic acids is 1. The van der Waals surface area contributed by atoms with E-state index in [9.17, 15) is 9.90 Å². The SMILES string of the molecule is CCCOc1cccc(CN[C@@H](CC(C)C)C(=O)O)c1. The first-order valence-electron chi connectivity index (χ1n) is 7.20. The standard InChI is InChI=1S/C16H25NO3/c1-4-8-20-14-7-5-6-13(10-14)11-17-15(16(18)19)9-12(2)3/h5-7,10,12,15,17H,4,8-9,11H2,1-3H3,(H,18,19)/t15-/m0/s1. The number of hydrogen-bond donors (Lipinski definition) is 2. The van der Waals surface area contributed by atoms with Crippen molar-refractivity contribution < 1.29 is 14.6 Å². The van der Waals surface area contributed by atoms with E-state index < -0.39 is 12.0 Å². The van der Waals surface area contributed by atoms with E-state index in [2.05, 4.69) is 12.2 Å². The normalized spacial score (nSPS) is 12.4. The molecule has 0 aliphatic heterocycles. The summed E-state index contributed by atoms with van der Waals surface area (Å²) < 4.78 is 5.57. The van der Waals surface area contributed by atoms with E-state index >= 15 is 0 Å². The highest BCUT2D eigenvalue weighted by Gasteiger charge is 2.17. The van der Waals surface area contributed by atoms with E-state index in [1.54, 1.807) is 0 Å². The van der Waals surface area contributed by atoms with Gasteiger partial charge in [-0.25, -0.2) is 0 Å². The van der Waals surface area contributed by atoms with Crippen molar-refractivity contribution in [2.45, 2.75) is 46.2 Å². The fraction of sp³-hybridized carbons (Fsp3) is 0.562. The Morgan fingerprint density at radius 2 is 2.15 bits per heavy atom. The van der Waals surface area contributed by atoms with Crippen LogP contribution in [0.1, 0.15) is 39.2 Å². The van der Waals surface area contributed by atoms with Gasteiger partial charge in [-0.3, -0.25) is 4.79 Å². The summed E-state index contributed by atoms with van der Waals surface area (Å²) in [6, 6.07) is 7.27. The lowest BCUT2D eigenvalue weighted by molar-refractivity contribution is -0.140. The van der Waals surface area contributed by atoms with Crippen LogP contribution in [0.5, 0.6) is 5.75 Å². The molecule has 1 aromatic rings. The summed E-state index contributed by atoms with van der Waals surface area (Å²) >= 11 is 0. The van der Waals surface area contributed by atoms with Crippen molar-refractivity contribution in [1.29, 1.82) is 0 Å². The fourth-order valence-electron chi connectivity index (χ4n) is 1.95. The molecule has 0 aromatic heterocycles. The number of nitrogens with one attached hydrogen (secondary N) is 1. The molecule has 1 aromatic carbocycles. The van der Waals surface area contributed by atoms with Gasteiger partial charge in [-0.1, -0.05) is 32.9 Å². The third-order valence-electron chi connectivity index (χ3n) is 2.93. The minimum atomic E-state index is -0.794. The number of ether oxygens (including phenoxy) is 1. The molecule has 112 valence electrons. The Hall–Kier alpha value is -1.55. The van der Waals surface area contributed by atoms with E-state index in [-0.39, 0.29) is 0 Å². The first kappa shape index (κ1) is 16.5. The van der Waals surface area contributed by atoms with Crippen molar-refractivity contribution in [1.82, 2.24) is 5.32 Å². The molecule has 0 aliphatic rings.